The van der Waals surface area contributed by atoms with Crippen molar-refractivity contribution in [2.75, 3.05) is 13.1 Å². The van der Waals surface area contributed by atoms with Crippen molar-refractivity contribution < 1.29 is 9.59 Å². The lowest BCUT2D eigenvalue weighted by atomic mass is 10.2. The summed E-state index contributed by atoms with van der Waals surface area (Å²) in [6.45, 7) is 1.20. The fourth-order valence-electron chi connectivity index (χ4n) is 1.15. The highest BCUT2D eigenvalue weighted by atomic mass is 16.2. The van der Waals surface area contributed by atoms with E-state index in [2.05, 4.69) is 10.6 Å². The monoisotopic (exact) mass is 171 g/mol. The van der Waals surface area contributed by atoms with Crippen molar-refractivity contribution >= 4 is 11.8 Å². The quantitative estimate of drug-likeness (QED) is 0.473. The molecule has 0 spiro atoms. The third-order valence-electron chi connectivity index (χ3n) is 1.78. The molecule has 4 N–H and O–H groups in total. The van der Waals surface area contributed by atoms with E-state index in [-0.39, 0.29) is 17.9 Å². The minimum atomic E-state index is -0.320. The number of rotatable bonds is 4. The summed E-state index contributed by atoms with van der Waals surface area (Å²) in [6, 6.07) is 0.164. The SMILES string of the molecule is NC(=O)CCNC1CNC(=O)C1. The standard InChI is InChI=1S/C7H13N3O2/c8-6(11)1-2-9-5-3-7(12)10-4-5/h5,9H,1-4H2,(H2,8,11)(H,10,12). The average molecular weight is 171 g/mol. The minimum absolute atomic E-state index is 0.0616. The van der Waals surface area contributed by atoms with E-state index in [9.17, 15) is 9.59 Å². The topological polar surface area (TPSA) is 84.2 Å². The molecule has 0 radical (unpaired) electrons. The van der Waals surface area contributed by atoms with E-state index in [1.54, 1.807) is 0 Å². The van der Waals surface area contributed by atoms with Crippen LogP contribution < -0.4 is 16.4 Å². The molecular weight excluding hydrogens is 158 g/mol. The first-order valence-electron chi connectivity index (χ1n) is 3.97. The molecule has 0 aromatic rings. The van der Waals surface area contributed by atoms with Crippen LogP contribution in [0.1, 0.15) is 12.8 Å². The zero-order chi connectivity index (χ0) is 8.97. The van der Waals surface area contributed by atoms with Crippen LogP contribution in [0.5, 0.6) is 0 Å². The molecule has 1 aliphatic rings. The van der Waals surface area contributed by atoms with Gasteiger partial charge in [-0.1, -0.05) is 0 Å². The number of hydrogen-bond acceptors (Lipinski definition) is 3. The number of carbonyl (C=O) groups excluding carboxylic acids is 2. The molecule has 2 amide bonds. The molecule has 1 saturated heterocycles. The largest absolute Gasteiger partial charge is 0.370 e. The van der Waals surface area contributed by atoms with Gasteiger partial charge in [-0.3, -0.25) is 9.59 Å². The van der Waals surface area contributed by atoms with E-state index in [4.69, 9.17) is 5.73 Å². The predicted molar refractivity (Wildman–Crippen MR) is 43.2 cm³/mol. The Kier molecular flexibility index (Phi) is 3.04. The summed E-state index contributed by atoms with van der Waals surface area (Å²) in [7, 11) is 0. The highest BCUT2D eigenvalue weighted by molar-refractivity contribution is 5.79. The molecule has 12 heavy (non-hydrogen) atoms. The van der Waals surface area contributed by atoms with E-state index < -0.39 is 0 Å². The molecule has 1 unspecified atom stereocenters. The van der Waals surface area contributed by atoms with Crippen LogP contribution in [-0.4, -0.2) is 30.9 Å². The summed E-state index contributed by atoms with van der Waals surface area (Å²) < 4.78 is 0. The Morgan fingerprint density at radius 3 is 3.00 bits per heavy atom. The van der Waals surface area contributed by atoms with Gasteiger partial charge in [0.05, 0.1) is 0 Å². The van der Waals surface area contributed by atoms with Gasteiger partial charge in [-0.2, -0.15) is 0 Å². The molecule has 1 fully saturated rings. The summed E-state index contributed by atoms with van der Waals surface area (Å²) in [6.07, 6.45) is 0.823. The van der Waals surface area contributed by atoms with Gasteiger partial charge in [0.15, 0.2) is 0 Å². The van der Waals surface area contributed by atoms with Gasteiger partial charge in [-0.15, -0.1) is 0 Å². The van der Waals surface area contributed by atoms with E-state index in [0.717, 1.165) is 0 Å². The highest BCUT2D eigenvalue weighted by Gasteiger charge is 2.20. The molecule has 5 heteroatoms. The summed E-state index contributed by atoms with van der Waals surface area (Å²) in [5.41, 5.74) is 4.94. The molecule has 1 atom stereocenters. The molecule has 0 aliphatic carbocycles. The number of amides is 2. The molecule has 1 heterocycles. The number of carbonyl (C=O) groups is 2. The zero-order valence-electron chi connectivity index (χ0n) is 6.80. The Hall–Kier alpha value is -1.10. The predicted octanol–water partition coefficient (Wildman–Crippen LogP) is -1.66. The second-order valence-electron chi connectivity index (χ2n) is 2.88. The number of nitrogens with one attached hydrogen (secondary N) is 2. The number of hydrogen-bond donors (Lipinski definition) is 3. The first kappa shape index (κ1) is 8.99. The Labute approximate surface area is 70.7 Å². The maximum absolute atomic E-state index is 10.7. The van der Waals surface area contributed by atoms with Crippen molar-refractivity contribution in [3.63, 3.8) is 0 Å². The van der Waals surface area contributed by atoms with Crippen LogP contribution in [0.25, 0.3) is 0 Å². The van der Waals surface area contributed by atoms with E-state index in [0.29, 0.717) is 25.9 Å². The molecular formula is C7H13N3O2. The van der Waals surface area contributed by atoms with Gasteiger partial charge in [0.25, 0.3) is 0 Å². The summed E-state index contributed by atoms with van der Waals surface area (Å²) in [5, 5.41) is 5.75. The second kappa shape index (κ2) is 4.06. The van der Waals surface area contributed by atoms with Crippen LogP contribution >= 0.6 is 0 Å². The third kappa shape index (κ3) is 2.87. The molecule has 68 valence electrons. The van der Waals surface area contributed by atoms with Crippen LogP contribution in [0, 0.1) is 0 Å². The lowest BCUT2D eigenvalue weighted by Gasteiger charge is -2.07. The lowest BCUT2D eigenvalue weighted by Crippen LogP contribution is -2.33. The maximum Gasteiger partial charge on any atom is 0.221 e. The van der Waals surface area contributed by atoms with Gasteiger partial charge in [0.1, 0.15) is 0 Å². The van der Waals surface area contributed by atoms with Gasteiger partial charge >= 0.3 is 0 Å². The van der Waals surface area contributed by atoms with Crippen LogP contribution in [-0.2, 0) is 9.59 Å². The van der Waals surface area contributed by atoms with Crippen LogP contribution in [0.3, 0.4) is 0 Å². The Morgan fingerprint density at radius 1 is 1.75 bits per heavy atom. The van der Waals surface area contributed by atoms with E-state index in [1.807, 2.05) is 0 Å². The number of primary amides is 1. The summed E-state index contributed by atoms with van der Waals surface area (Å²) >= 11 is 0. The first-order chi connectivity index (χ1) is 5.68. The highest BCUT2D eigenvalue weighted by Crippen LogP contribution is 1.98. The average Bonchev–Trinajstić information content (AvgIpc) is 2.35. The lowest BCUT2D eigenvalue weighted by molar-refractivity contribution is -0.119. The maximum atomic E-state index is 10.7. The van der Waals surface area contributed by atoms with Crippen molar-refractivity contribution in [2.24, 2.45) is 5.73 Å². The first-order valence-corrected chi connectivity index (χ1v) is 3.97. The molecule has 1 aliphatic heterocycles. The molecule has 5 nitrogen and oxygen atoms in total. The van der Waals surface area contributed by atoms with E-state index >= 15 is 0 Å². The van der Waals surface area contributed by atoms with Gasteiger partial charge in [0, 0.05) is 32.0 Å². The third-order valence-corrected chi connectivity index (χ3v) is 1.78. The zero-order valence-corrected chi connectivity index (χ0v) is 6.80. The van der Waals surface area contributed by atoms with Gasteiger partial charge in [-0.25, -0.2) is 0 Å². The summed E-state index contributed by atoms with van der Waals surface area (Å²) in [4.78, 5) is 21.0. The molecule has 0 aromatic carbocycles. The van der Waals surface area contributed by atoms with Gasteiger partial charge in [0.2, 0.25) is 11.8 Å². The molecule has 0 bridgehead atoms. The van der Waals surface area contributed by atoms with Crippen LogP contribution in [0.2, 0.25) is 0 Å². The van der Waals surface area contributed by atoms with Crippen molar-refractivity contribution in [3.05, 3.63) is 0 Å². The van der Waals surface area contributed by atoms with Gasteiger partial charge < -0.3 is 16.4 Å². The van der Waals surface area contributed by atoms with Crippen molar-refractivity contribution in [3.8, 4) is 0 Å². The summed E-state index contributed by atoms with van der Waals surface area (Å²) in [5.74, 6) is -0.258. The normalized spacial score (nSPS) is 22.3. The smallest absolute Gasteiger partial charge is 0.221 e. The number of nitrogens with two attached hydrogens (primary N) is 1. The molecule has 0 saturated carbocycles. The van der Waals surface area contributed by atoms with Gasteiger partial charge in [-0.05, 0) is 0 Å². The fourth-order valence-corrected chi connectivity index (χ4v) is 1.15. The van der Waals surface area contributed by atoms with Crippen LogP contribution in [0.15, 0.2) is 0 Å². The molecule has 1 rings (SSSR count). The Morgan fingerprint density at radius 2 is 2.50 bits per heavy atom. The van der Waals surface area contributed by atoms with Crippen LogP contribution in [0.4, 0.5) is 0 Å². The Balaban J connectivity index is 2.08. The van der Waals surface area contributed by atoms with Crippen molar-refractivity contribution in [1.82, 2.24) is 10.6 Å². The minimum Gasteiger partial charge on any atom is -0.370 e. The Bertz CT molecular complexity index is 193. The van der Waals surface area contributed by atoms with Crippen molar-refractivity contribution in [1.29, 1.82) is 0 Å². The molecule has 0 aromatic heterocycles. The fraction of sp³-hybridized carbons (Fsp3) is 0.714. The second-order valence-corrected chi connectivity index (χ2v) is 2.88. The van der Waals surface area contributed by atoms with E-state index in [1.165, 1.54) is 0 Å². The van der Waals surface area contributed by atoms with Crippen molar-refractivity contribution in [2.45, 2.75) is 18.9 Å².